The average molecular weight is 320 g/mol. The van der Waals surface area contributed by atoms with Gasteiger partial charge in [-0.1, -0.05) is 43.6 Å². The van der Waals surface area contributed by atoms with Gasteiger partial charge in [0, 0.05) is 10.4 Å². The molecule has 0 spiro atoms. The van der Waals surface area contributed by atoms with Crippen molar-refractivity contribution in [2.45, 2.75) is 33.3 Å². The Morgan fingerprint density at radius 3 is 2.35 bits per heavy atom. The zero-order chi connectivity index (χ0) is 15.2. The number of rotatable bonds is 8. The molecule has 0 atom stereocenters. The van der Waals surface area contributed by atoms with Gasteiger partial charge in [0.05, 0.1) is 19.0 Å². The predicted octanol–water partition coefficient (Wildman–Crippen LogP) is 2.95. The number of sulfonamides is 1. The van der Waals surface area contributed by atoms with Gasteiger partial charge in [-0.25, -0.2) is 13.6 Å². The van der Waals surface area contributed by atoms with Gasteiger partial charge in [-0.2, -0.15) is 0 Å². The summed E-state index contributed by atoms with van der Waals surface area (Å²) in [6.45, 7) is 4.62. The molecule has 0 aliphatic rings. The van der Waals surface area contributed by atoms with Crippen LogP contribution in [0.15, 0.2) is 24.3 Å². The molecule has 0 saturated heterocycles. The van der Waals surface area contributed by atoms with Crippen molar-refractivity contribution in [3.05, 3.63) is 34.9 Å². The van der Waals surface area contributed by atoms with Crippen molar-refractivity contribution in [3.8, 4) is 0 Å². The normalized spacial score (nSPS) is 12.6. The first-order valence-corrected chi connectivity index (χ1v) is 8.73. The van der Waals surface area contributed by atoms with E-state index >= 15 is 0 Å². The highest BCUT2D eigenvalue weighted by atomic mass is 35.5. The van der Waals surface area contributed by atoms with Gasteiger partial charge in [0.15, 0.2) is 0 Å². The molecule has 0 bridgehead atoms. The Morgan fingerprint density at radius 2 is 1.85 bits per heavy atom. The molecule has 1 aromatic carbocycles. The minimum Gasteiger partial charge on any atom is -0.376 e. The van der Waals surface area contributed by atoms with E-state index < -0.39 is 15.4 Å². The van der Waals surface area contributed by atoms with Gasteiger partial charge in [-0.05, 0) is 24.5 Å². The highest BCUT2D eigenvalue weighted by Crippen LogP contribution is 2.29. The van der Waals surface area contributed by atoms with Crippen LogP contribution in [0.25, 0.3) is 0 Å². The quantitative estimate of drug-likeness (QED) is 0.801. The minimum atomic E-state index is -3.52. The van der Waals surface area contributed by atoms with Gasteiger partial charge in [-0.15, -0.1) is 0 Å². The lowest BCUT2D eigenvalue weighted by Crippen LogP contribution is -2.36. The van der Waals surface area contributed by atoms with Crippen LogP contribution < -0.4 is 5.14 Å². The van der Waals surface area contributed by atoms with Gasteiger partial charge in [0.25, 0.3) is 0 Å². The fourth-order valence-electron chi connectivity index (χ4n) is 2.12. The molecule has 1 aromatic rings. The number of hydrogen-bond donors (Lipinski definition) is 1. The Morgan fingerprint density at radius 1 is 1.25 bits per heavy atom. The topological polar surface area (TPSA) is 69.4 Å². The molecule has 4 nitrogen and oxygen atoms in total. The summed E-state index contributed by atoms with van der Waals surface area (Å²) in [5, 5.41) is 5.83. The van der Waals surface area contributed by atoms with E-state index in [1.165, 1.54) is 0 Å². The van der Waals surface area contributed by atoms with Crippen molar-refractivity contribution in [1.82, 2.24) is 0 Å². The Balaban J connectivity index is 2.66. The summed E-state index contributed by atoms with van der Waals surface area (Å²) in [5.41, 5.74) is 0.459. The van der Waals surface area contributed by atoms with E-state index in [2.05, 4.69) is 0 Å². The molecular formula is C14H22ClNO3S. The SMILES string of the molecule is CCC(CC)(COCc1ccccc1Cl)CS(N)(=O)=O. The molecule has 0 unspecified atom stereocenters. The van der Waals surface area contributed by atoms with E-state index in [1.807, 2.05) is 32.0 Å². The van der Waals surface area contributed by atoms with Crippen LogP contribution in [-0.4, -0.2) is 20.8 Å². The maximum absolute atomic E-state index is 11.4. The monoisotopic (exact) mass is 319 g/mol. The maximum atomic E-state index is 11.4. The van der Waals surface area contributed by atoms with Crippen molar-refractivity contribution in [2.75, 3.05) is 12.4 Å². The maximum Gasteiger partial charge on any atom is 0.209 e. The molecular weight excluding hydrogens is 298 g/mol. The molecule has 0 saturated carbocycles. The smallest absolute Gasteiger partial charge is 0.209 e. The number of benzene rings is 1. The van der Waals surface area contributed by atoms with E-state index in [4.69, 9.17) is 21.5 Å². The molecule has 0 radical (unpaired) electrons. The summed E-state index contributed by atoms with van der Waals surface area (Å²) in [7, 11) is -3.52. The summed E-state index contributed by atoms with van der Waals surface area (Å²) in [4.78, 5) is 0. The number of ether oxygens (including phenoxy) is 1. The van der Waals surface area contributed by atoms with Crippen LogP contribution in [-0.2, 0) is 21.4 Å². The van der Waals surface area contributed by atoms with E-state index in [0.29, 0.717) is 31.1 Å². The van der Waals surface area contributed by atoms with Crippen molar-refractivity contribution in [1.29, 1.82) is 0 Å². The lowest BCUT2D eigenvalue weighted by atomic mass is 9.85. The van der Waals surface area contributed by atoms with E-state index in [0.717, 1.165) is 5.56 Å². The van der Waals surface area contributed by atoms with Crippen molar-refractivity contribution in [3.63, 3.8) is 0 Å². The molecule has 0 aliphatic carbocycles. The third kappa shape index (κ3) is 5.40. The van der Waals surface area contributed by atoms with Crippen LogP contribution in [0, 0.1) is 5.41 Å². The zero-order valence-electron chi connectivity index (χ0n) is 11.9. The number of nitrogens with two attached hydrogens (primary N) is 1. The first-order chi connectivity index (χ1) is 9.32. The second kappa shape index (κ2) is 7.41. The van der Waals surface area contributed by atoms with Crippen molar-refractivity contribution < 1.29 is 13.2 Å². The average Bonchev–Trinajstić information content (AvgIpc) is 2.38. The second-order valence-electron chi connectivity index (χ2n) is 5.10. The Labute approximate surface area is 126 Å². The zero-order valence-corrected chi connectivity index (χ0v) is 13.5. The van der Waals surface area contributed by atoms with Crippen LogP contribution in [0.1, 0.15) is 32.3 Å². The second-order valence-corrected chi connectivity index (χ2v) is 7.12. The van der Waals surface area contributed by atoms with Gasteiger partial charge in [0.1, 0.15) is 0 Å². The lowest BCUT2D eigenvalue weighted by Gasteiger charge is -2.30. The number of halogens is 1. The molecule has 0 heterocycles. The Kier molecular flexibility index (Phi) is 6.45. The van der Waals surface area contributed by atoms with Crippen LogP contribution in [0.3, 0.4) is 0 Å². The molecule has 0 aliphatic heterocycles. The van der Waals surface area contributed by atoms with Gasteiger partial charge >= 0.3 is 0 Å². The van der Waals surface area contributed by atoms with Gasteiger partial charge in [0.2, 0.25) is 10.0 Å². The summed E-state index contributed by atoms with van der Waals surface area (Å²) in [5.74, 6) is -0.0600. The molecule has 1 rings (SSSR count). The number of hydrogen-bond acceptors (Lipinski definition) is 3. The van der Waals surface area contributed by atoms with Crippen LogP contribution in [0.5, 0.6) is 0 Å². The van der Waals surface area contributed by atoms with Crippen LogP contribution in [0.2, 0.25) is 5.02 Å². The fraction of sp³-hybridized carbons (Fsp3) is 0.571. The first-order valence-electron chi connectivity index (χ1n) is 6.63. The molecule has 114 valence electrons. The summed E-state index contributed by atoms with van der Waals surface area (Å²) < 4.78 is 28.4. The molecule has 0 fully saturated rings. The fourth-order valence-corrected chi connectivity index (χ4v) is 3.66. The van der Waals surface area contributed by atoms with E-state index in [1.54, 1.807) is 6.07 Å². The van der Waals surface area contributed by atoms with Gasteiger partial charge in [-0.3, -0.25) is 0 Å². The molecule has 6 heteroatoms. The van der Waals surface area contributed by atoms with Crippen LogP contribution >= 0.6 is 11.6 Å². The van der Waals surface area contributed by atoms with E-state index in [9.17, 15) is 8.42 Å². The molecule has 2 N–H and O–H groups in total. The van der Waals surface area contributed by atoms with E-state index in [-0.39, 0.29) is 5.75 Å². The van der Waals surface area contributed by atoms with Crippen molar-refractivity contribution in [2.24, 2.45) is 10.6 Å². The van der Waals surface area contributed by atoms with Gasteiger partial charge < -0.3 is 4.74 Å². The predicted molar refractivity (Wildman–Crippen MR) is 82.1 cm³/mol. The third-order valence-electron chi connectivity index (χ3n) is 3.63. The summed E-state index contributed by atoms with van der Waals surface area (Å²) >= 11 is 6.05. The van der Waals surface area contributed by atoms with Crippen LogP contribution in [0.4, 0.5) is 0 Å². The van der Waals surface area contributed by atoms with Crippen molar-refractivity contribution >= 4 is 21.6 Å². The Bertz CT molecular complexity index is 527. The lowest BCUT2D eigenvalue weighted by molar-refractivity contribution is 0.0398. The largest absolute Gasteiger partial charge is 0.376 e. The first kappa shape index (κ1) is 17.4. The highest BCUT2D eigenvalue weighted by Gasteiger charge is 2.31. The molecule has 0 aromatic heterocycles. The Hall–Kier alpha value is -0.620. The summed E-state index contributed by atoms with van der Waals surface area (Å²) in [6, 6.07) is 7.44. The number of primary sulfonamides is 1. The molecule has 0 amide bonds. The third-order valence-corrected chi connectivity index (χ3v) is 5.01. The molecule has 20 heavy (non-hydrogen) atoms. The summed E-state index contributed by atoms with van der Waals surface area (Å²) in [6.07, 6.45) is 1.39. The standard InChI is InChI=1S/C14H22ClNO3S/c1-3-14(4-2,11-20(16,17)18)10-19-9-12-7-5-6-8-13(12)15/h5-8H,3-4,9-11H2,1-2H3,(H2,16,17,18). The minimum absolute atomic E-state index is 0.0600. The highest BCUT2D eigenvalue weighted by molar-refractivity contribution is 7.89.